The number of esters is 1. The molecule has 1 fully saturated rings. The molecule has 1 aromatic rings. The van der Waals surface area contributed by atoms with Crippen LogP contribution in [0.4, 0.5) is 12.9 Å². The second-order valence-electron chi connectivity index (χ2n) is 4.25. The minimum Gasteiger partial charge on any atom is -0.465 e. The molecule has 7 heteroatoms. The second-order valence-corrected chi connectivity index (χ2v) is 4.25. The first kappa shape index (κ1) is 16.2. The molecular weight excluding hydrogens is 271 g/mol. The van der Waals surface area contributed by atoms with E-state index in [4.69, 9.17) is 0 Å². The topological polar surface area (TPSA) is 26.3 Å². The summed E-state index contributed by atoms with van der Waals surface area (Å²) < 4.78 is 41.8. The van der Waals surface area contributed by atoms with Crippen molar-refractivity contribution in [2.24, 2.45) is 0 Å². The number of carbonyl (C=O) groups is 1. The van der Waals surface area contributed by atoms with Crippen molar-refractivity contribution in [2.75, 3.05) is 7.11 Å². The molecule has 0 radical (unpaired) electrons. The molecule has 0 spiro atoms. The number of carbonyl (C=O) groups excluding carboxylic acids is 1. The van der Waals surface area contributed by atoms with E-state index in [1.54, 1.807) is 12.1 Å². The fraction of sp³-hybridized carbons (Fsp3) is 0.364. The van der Waals surface area contributed by atoms with E-state index in [9.17, 15) is 17.7 Å². The number of hydrogen-bond donors (Lipinski definition) is 0. The van der Waals surface area contributed by atoms with E-state index in [0.717, 1.165) is 0 Å². The van der Waals surface area contributed by atoms with Gasteiger partial charge in [0.1, 0.15) is 0 Å². The fourth-order valence-corrected chi connectivity index (χ4v) is 2.00. The van der Waals surface area contributed by atoms with Crippen LogP contribution in [0, 0.1) is 0 Å². The van der Waals surface area contributed by atoms with Gasteiger partial charge in [-0.25, -0.2) is 4.79 Å². The summed E-state index contributed by atoms with van der Waals surface area (Å²) in [4.78, 5) is 11.1. The van der Waals surface area contributed by atoms with Gasteiger partial charge in [0.25, 0.3) is 0 Å². The summed E-state index contributed by atoms with van der Waals surface area (Å²) in [5.41, 5.74) is 0.993. The van der Waals surface area contributed by atoms with E-state index in [1.807, 2.05) is 0 Å². The first-order valence-electron chi connectivity index (χ1n) is 5.31. The number of benzene rings is 1. The van der Waals surface area contributed by atoms with Gasteiger partial charge in [-0.05, 0) is 23.6 Å². The van der Waals surface area contributed by atoms with Crippen LogP contribution in [-0.4, -0.2) is 20.1 Å². The minimum atomic E-state index is -4.74. The van der Waals surface area contributed by atoms with Gasteiger partial charge in [0.2, 0.25) is 0 Å². The molecule has 2 nitrogen and oxygen atoms in total. The van der Waals surface area contributed by atoms with Crippen molar-refractivity contribution in [1.82, 2.24) is 0 Å². The Bertz CT molecular complexity index is 433. The molecule has 0 aromatic heterocycles. The molecule has 0 aliphatic heterocycles. The minimum absolute atomic E-state index is 0. The van der Waals surface area contributed by atoms with Gasteiger partial charge >= 0.3 is 64.3 Å². The Labute approximate surface area is 146 Å². The fourth-order valence-electron chi connectivity index (χ4n) is 2.00. The molecule has 2 atom stereocenters. The van der Waals surface area contributed by atoms with Gasteiger partial charge in [0, 0.05) is 0 Å². The van der Waals surface area contributed by atoms with Crippen LogP contribution in [0.1, 0.15) is 28.3 Å². The van der Waals surface area contributed by atoms with Crippen LogP contribution in [0.5, 0.6) is 0 Å². The summed E-state index contributed by atoms with van der Waals surface area (Å²) >= 11 is 0. The SMILES string of the molecule is COC(=O)c1ccc(C2CC2[B-](F)(F)F)cc1.[K+]. The van der Waals surface area contributed by atoms with Gasteiger partial charge in [-0.3, -0.25) is 0 Å². The maximum Gasteiger partial charge on any atom is 1.00 e. The molecular formula is C11H11BF3KO2. The third-order valence-corrected chi connectivity index (χ3v) is 3.09. The molecule has 1 aliphatic carbocycles. The van der Waals surface area contributed by atoms with E-state index >= 15 is 0 Å². The second kappa shape index (κ2) is 6.09. The zero-order valence-corrected chi connectivity index (χ0v) is 13.3. The van der Waals surface area contributed by atoms with Crippen LogP contribution in [0.15, 0.2) is 24.3 Å². The van der Waals surface area contributed by atoms with Gasteiger partial charge in [-0.1, -0.05) is 24.4 Å². The maximum atomic E-state index is 12.4. The molecule has 0 bridgehead atoms. The first-order valence-corrected chi connectivity index (χ1v) is 5.31. The molecule has 0 saturated heterocycles. The average molecular weight is 282 g/mol. The van der Waals surface area contributed by atoms with Crippen molar-refractivity contribution in [3.8, 4) is 0 Å². The smallest absolute Gasteiger partial charge is 0.465 e. The van der Waals surface area contributed by atoms with Gasteiger partial charge in [-0.2, -0.15) is 0 Å². The normalized spacial score (nSPS) is 22.0. The Morgan fingerprint density at radius 3 is 2.22 bits per heavy atom. The Hall–Kier alpha value is 0.181. The van der Waals surface area contributed by atoms with Crippen molar-refractivity contribution < 1.29 is 73.9 Å². The van der Waals surface area contributed by atoms with Crippen molar-refractivity contribution in [2.45, 2.75) is 18.2 Å². The third-order valence-electron chi connectivity index (χ3n) is 3.09. The molecule has 1 aromatic carbocycles. The summed E-state index contributed by atoms with van der Waals surface area (Å²) in [5, 5.41) is 0. The average Bonchev–Trinajstić information content (AvgIpc) is 3.08. The van der Waals surface area contributed by atoms with Crippen LogP contribution in [0.25, 0.3) is 0 Å². The van der Waals surface area contributed by atoms with Crippen LogP contribution < -0.4 is 51.4 Å². The standard InChI is InChI=1S/C11H11BF3O2.K/c1-17-11(16)8-4-2-7(3-5-8)9-6-10(9)12(13,14)15;/h2-5,9-10H,6H2,1H3;/q-1;+1. The third kappa shape index (κ3) is 3.60. The number of halogens is 3. The van der Waals surface area contributed by atoms with Crippen molar-refractivity contribution in [1.29, 1.82) is 0 Å². The molecule has 1 saturated carbocycles. The predicted octanol–water partition coefficient (Wildman–Crippen LogP) is 0.182. The summed E-state index contributed by atoms with van der Waals surface area (Å²) in [6.07, 6.45) is 0.168. The van der Waals surface area contributed by atoms with Crippen molar-refractivity contribution >= 4 is 12.9 Å². The van der Waals surface area contributed by atoms with Gasteiger partial charge in [0.15, 0.2) is 0 Å². The van der Waals surface area contributed by atoms with Crippen LogP contribution in [-0.2, 0) is 4.74 Å². The quantitative estimate of drug-likeness (QED) is 0.584. The summed E-state index contributed by atoms with van der Waals surface area (Å²) in [5.74, 6) is -2.08. The number of rotatable bonds is 3. The van der Waals surface area contributed by atoms with Crippen LogP contribution >= 0.6 is 0 Å². The van der Waals surface area contributed by atoms with E-state index in [1.165, 1.54) is 19.2 Å². The van der Waals surface area contributed by atoms with E-state index in [0.29, 0.717) is 11.1 Å². The van der Waals surface area contributed by atoms with Crippen molar-refractivity contribution in [3.05, 3.63) is 35.4 Å². The first-order chi connectivity index (χ1) is 7.93. The zero-order valence-electron chi connectivity index (χ0n) is 10.2. The number of methoxy groups -OCH3 is 1. The Balaban J connectivity index is 0.00000162. The number of hydrogen-bond acceptors (Lipinski definition) is 2. The number of ether oxygens (including phenoxy) is 1. The summed E-state index contributed by atoms with van der Waals surface area (Å²) in [6, 6.07) is 6.14. The molecule has 1 aliphatic rings. The largest absolute Gasteiger partial charge is 1.00 e. The molecule has 18 heavy (non-hydrogen) atoms. The predicted molar refractivity (Wildman–Crippen MR) is 58.0 cm³/mol. The summed E-state index contributed by atoms with van der Waals surface area (Å²) in [7, 11) is 1.26. The van der Waals surface area contributed by atoms with E-state index < -0.39 is 24.7 Å². The maximum absolute atomic E-state index is 12.4. The molecule has 0 N–H and O–H groups in total. The van der Waals surface area contributed by atoms with Gasteiger partial charge < -0.3 is 17.7 Å². The van der Waals surface area contributed by atoms with E-state index in [2.05, 4.69) is 4.74 Å². The van der Waals surface area contributed by atoms with Gasteiger partial charge in [0.05, 0.1) is 12.7 Å². The van der Waals surface area contributed by atoms with Crippen LogP contribution in [0.3, 0.4) is 0 Å². The Morgan fingerprint density at radius 1 is 1.28 bits per heavy atom. The Morgan fingerprint density at radius 2 is 1.83 bits per heavy atom. The monoisotopic (exact) mass is 282 g/mol. The van der Waals surface area contributed by atoms with Crippen molar-refractivity contribution in [3.63, 3.8) is 0 Å². The molecule has 0 heterocycles. The molecule has 2 rings (SSSR count). The Kier molecular flexibility index (Phi) is 5.49. The molecule has 92 valence electrons. The molecule has 0 amide bonds. The summed E-state index contributed by atoms with van der Waals surface area (Å²) in [6.45, 7) is -4.74. The zero-order chi connectivity index (χ0) is 12.6. The molecule has 2 unspecified atom stereocenters. The van der Waals surface area contributed by atoms with Crippen LogP contribution in [0.2, 0.25) is 5.82 Å². The van der Waals surface area contributed by atoms with E-state index in [-0.39, 0.29) is 57.8 Å². The van der Waals surface area contributed by atoms with Gasteiger partial charge in [-0.15, -0.1) is 0 Å².